The fourth-order valence-corrected chi connectivity index (χ4v) is 1.18. The standard InChI is InChI=1S/C12H11NO2/c1-2-8-13(9-10-14)12(15)11-6-4-3-5-7-11/h1,3-7,10H,8-9H2. The summed E-state index contributed by atoms with van der Waals surface area (Å²) in [6, 6.07) is 8.74. The van der Waals surface area contributed by atoms with Crippen LogP contribution in [0.4, 0.5) is 0 Å². The van der Waals surface area contributed by atoms with Gasteiger partial charge in [0.25, 0.3) is 5.91 Å². The van der Waals surface area contributed by atoms with Crippen LogP contribution in [-0.2, 0) is 4.79 Å². The van der Waals surface area contributed by atoms with E-state index in [0.717, 1.165) is 0 Å². The van der Waals surface area contributed by atoms with Gasteiger partial charge in [-0.15, -0.1) is 6.42 Å². The van der Waals surface area contributed by atoms with Crippen molar-refractivity contribution in [1.82, 2.24) is 4.90 Å². The molecule has 1 aromatic rings. The quantitative estimate of drug-likeness (QED) is 0.537. The number of carbonyl (C=O) groups is 2. The number of hydrogen-bond acceptors (Lipinski definition) is 2. The second kappa shape index (κ2) is 5.61. The summed E-state index contributed by atoms with van der Waals surface area (Å²) < 4.78 is 0. The maximum atomic E-state index is 11.8. The van der Waals surface area contributed by atoms with E-state index in [1.54, 1.807) is 24.3 Å². The zero-order chi connectivity index (χ0) is 11.1. The minimum absolute atomic E-state index is 0.0257. The molecule has 3 heteroatoms. The number of carbonyl (C=O) groups excluding carboxylic acids is 2. The lowest BCUT2D eigenvalue weighted by molar-refractivity contribution is -0.108. The van der Waals surface area contributed by atoms with Crippen molar-refractivity contribution in [3.8, 4) is 12.3 Å². The number of hydrogen-bond donors (Lipinski definition) is 0. The van der Waals surface area contributed by atoms with Crippen LogP contribution in [0.2, 0.25) is 0 Å². The van der Waals surface area contributed by atoms with Gasteiger partial charge in [-0.05, 0) is 12.1 Å². The zero-order valence-electron chi connectivity index (χ0n) is 8.22. The topological polar surface area (TPSA) is 37.4 Å². The molecule has 1 amide bonds. The van der Waals surface area contributed by atoms with Crippen LogP contribution >= 0.6 is 0 Å². The lowest BCUT2D eigenvalue weighted by atomic mass is 10.2. The van der Waals surface area contributed by atoms with E-state index < -0.39 is 0 Å². The van der Waals surface area contributed by atoms with Crippen LogP contribution < -0.4 is 0 Å². The first-order chi connectivity index (χ1) is 7.29. The van der Waals surface area contributed by atoms with Crippen molar-refractivity contribution < 1.29 is 9.59 Å². The minimum atomic E-state index is -0.222. The van der Waals surface area contributed by atoms with Crippen molar-refractivity contribution in [3.05, 3.63) is 35.9 Å². The Morgan fingerprint density at radius 2 is 2.07 bits per heavy atom. The van der Waals surface area contributed by atoms with Crippen LogP contribution in [0.3, 0.4) is 0 Å². The molecular formula is C12H11NO2. The number of aldehydes is 1. The van der Waals surface area contributed by atoms with E-state index in [1.165, 1.54) is 4.90 Å². The first-order valence-corrected chi connectivity index (χ1v) is 4.51. The highest BCUT2D eigenvalue weighted by molar-refractivity contribution is 5.95. The van der Waals surface area contributed by atoms with Crippen molar-refractivity contribution in [2.45, 2.75) is 0 Å². The van der Waals surface area contributed by atoms with Gasteiger partial charge in [0.1, 0.15) is 6.29 Å². The first kappa shape index (κ1) is 11.0. The minimum Gasteiger partial charge on any atom is -0.320 e. The Balaban J connectivity index is 2.81. The molecule has 1 aromatic carbocycles. The van der Waals surface area contributed by atoms with E-state index in [9.17, 15) is 9.59 Å². The lowest BCUT2D eigenvalue weighted by Gasteiger charge is -2.16. The van der Waals surface area contributed by atoms with Crippen molar-refractivity contribution >= 4 is 12.2 Å². The van der Waals surface area contributed by atoms with Crippen molar-refractivity contribution in [2.24, 2.45) is 0 Å². The molecule has 1 rings (SSSR count). The Morgan fingerprint density at radius 3 is 2.60 bits per heavy atom. The van der Waals surface area contributed by atoms with Gasteiger partial charge in [-0.2, -0.15) is 0 Å². The SMILES string of the molecule is C#CCN(CC=O)C(=O)c1ccccc1. The summed E-state index contributed by atoms with van der Waals surface area (Å²) in [4.78, 5) is 23.5. The second-order valence-electron chi connectivity index (χ2n) is 2.92. The van der Waals surface area contributed by atoms with Crippen LogP contribution in [0.5, 0.6) is 0 Å². The fraction of sp³-hybridized carbons (Fsp3) is 0.167. The summed E-state index contributed by atoms with van der Waals surface area (Å²) in [7, 11) is 0. The first-order valence-electron chi connectivity index (χ1n) is 4.51. The molecule has 76 valence electrons. The molecule has 15 heavy (non-hydrogen) atoms. The predicted octanol–water partition coefficient (Wildman–Crippen LogP) is 0.961. The smallest absolute Gasteiger partial charge is 0.255 e. The van der Waals surface area contributed by atoms with Crippen LogP contribution in [-0.4, -0.2) is 30.2 Å². The summed E-state index contributed by atoms with van der Waals surface area (Å²) in [6.45, 7) is 0.171. The van der Waals surface area contributed by atoms with Gasteiger partial charge < -0.3 is 9.69 Å². The molecule has 0 N–H and O–H groups in total. The molecule has 0 saturated carbocycles. The van der Waals surface area contributed by atoms with Crippen LogP contribution in [0.1, 0.15) is 10.4 Å². The number of rotatable bonds is 4. The van der Waals surface area contributed by atoms with Gasteiger partial charge in [0, 0.05) is 5.56 Å². The van der Waals surface area contributed by atoms with Gasteiger partial charge >= 0.3 is 0 Å². The number of benzene rings is 1. The molecule has 3 nitrogen and oxygen atoms in total. The van der Waals surface area contributed by atoms with Gasteiger partial charge in [-0.1, -0.05) is 24.1 Å². The molecule has 0 aliphatic rings. The Kier molecular flexibility index (Phi) is 4.11. The van der Waals surface area contributed by atoms with E-state index in [-0.39, 0.29) is 19.0 Å². The van der Waals surface area contributed by atoms with Gasteiger partial charge in [-0.3, -0.25) is 4.79 Å². The Bertz CT molecular complexity index is 378. The van der Waals surface area contributed by atoms with Gasteiger partial charge in [-0.25, -0.2) is 0 Å². The molecule has 0 fully saturated rings. The van der Waals surface area contributed by atoms with E-state index >= 15 is 0 Å². The number of terminal acetylenes is 1. The third-order valence-corrected chi connectivity index (χ3v) is 1.89. The number of amides is 1. The summed E-state index contributed by atoms with van der Waals surface area (Å²) in [5, 5.41) is 0. The molecule has 0 radical (unpaired) electrons. The third kappa shape index (κ3) is 2.96. The molecular weight excluding hydrogens is 190 g/mol. The summed E-state index contributed by atoms with van der Waals surface area (Å²) in [5.74, 6) is 2.13. The third-order valence-electron chi connectivity index (χ3n) is 1.89. The molecule has 0 aliphatic heterocycles. The molecule has 0 aliphatic carbocycles. The van der Waals surface area contributed by atoms with Crippen LogP contribution in [0.25, 0.3) is 0 Å². The fourth-order valence-electron chi connectivity index (χ4n) is 1.18. The average molecular weight is 201 g/mol. The summed E-state index contributed by atoms with van der Waals surface area (Å²) in [6.07, 6.45) is 5.78. The average Bonchev–Trinajstić information content (AvgIpc) is 2.29. The molecule has 0 unspecified atom stereocenters. The molecule has 0 bridgehead atoms. The maximum absolute atomic E-state index is 11.8. The second-order valence-corrected chi connectivity index (χ2v) is 2.92. The van der Waals surface area contributed by atoms with Crippen molar-refractivity contribution in [2.75, 3.05) is 13.1 Å². The molecule has 0 spiro atoms. The lowest BCUT2D eigenvalue weighted by Crippen LogP contribution is -2.32. The highest BCUT2D eigenvalue weighted by Gasteiger charge is 2.13. The molecule has 0 heterocycles. The van der Waals surface area contributed by atoms with Crippen LogP contribution in [0.15, 0.2) is 30.3 Å². The molecule has 0 atom stereocenters. The van der Waals surface area contributed by atoms with Crippen molar-refractivity contribution in [1.29, 1.82) is 0 Å². The van der Waals surface area contributed by atoms with E-state index in [2.05, 4.69) is 5.92 Å². The summed E-state index contributed by atoms with van der Waals surface area (Å²) in [5.41, 5.74) is 0.537. The van der Waals surface area contributed by atoms with E-state index in [0.29, 0.717) is 11.8 Å². The maximum Gasteiger partial charge on any atom is 0.255 e. The largest absolute Gasteiger partial charge is 0.320 e. The highest BCUT2D eigenvalue weighted by atomic mass is 16.2. The number of nitrogens with zero attached hydrogens (tertiary/aromatic N) is 1. The Labute approximate surface area is 88.7 Å². The molecule has 0 aromatic heterocycles. The molecule has 0 saturated heterocycles. The Morgan fingerprint density at radius 1 is 1.40 bits per heavy atom. The van der Waals surface area contributed by atoms with E-state index in [1.807, 2.05) is 6.07 Å². The van der Waals surface area contributed by atoms with Crippen molar-refractivity contribution in [3.63, 3.8) is 0 Å². The zero-order valence-corrected chi connectivity index (χ0v) is 8.22. The van der Waals surface area contributed by atoms with Crippen LogP contribution in [0, 0.1) is 12.3 Å². The predicted molar refractivity (Wildman–Crippen MR) is 57.2 cm³/mol. The normalized spacial score (nSPS) is 9.00. The monoisotopic (exact) mass is 201 g/mol. The highest BCUT2D eigenvalue weighted by Crippen LogP contribution is 2.03. The van der Waals surface area contributed by atoms with Gasteiger partial charge in [0.15, 0.2) is 0 Å². The Hall–Kier alpha value is -2.08. The van der Waals surface area contributed by atoms with E-state index in [4.69, 9.17) is 6.42 Å². The summed E-state index contributed by atoms with van der Waals surface area (Å²) >= 11 is 0. The van der Waals surface area contributed by atoms with Gasteiger partial charge in [0.05, 0.1) is 13.1 Å². The van der Waals surface area contributed by atoms with Gasteiger partial charge in [0.2, 0.25) is 0 Å².